The predicted octanol–water partition coefficient (Wildman–Crippen LogP) is 1.65. The van der Waals surface area contributed by atoms with Crippen LogP contribution in [0, 0.1) is 0 Å². The van der Waals surface area contributed by atoms with Gasteiger partial charge in [0.15, 0.2) is 0 Å². The van der Waals surface area contributed by atoms with E-state index in [0.717, 1.165) is 37.7 Å². The van der Waals surface area contributed by atoms with Crippen LogP contribution >= 0.6 is 0 Å². The maximum Gasteiger partial charge on any atom is 0.248 e. The number of nitrogens with zero attached hydrogens (tertiary/aromatic N) is 3. The molecule has 0 saturated carbocycles. The van der Waals surface area contributed by atoms with E-state index in [2.05, 4.69) is 26.9 Å². The number of hydrogen-bond acceptors (Lipinski definition) is 6. The quantitative estimate of drug-likeness (QED) is 0.719. The molecule has 28 heavy (non-hydrogen) atoms. The maximum atomic E-state index is 11.4. The van der Waals surface area contributed by atoms with E-state index in [4.69, 9.17) is 10.5 Å². The standard InChI is InChI=1S/C21H28N4O3/c1-2-28-19-5-3-16(4-6-19)14-24-10-11-25(15-18(24)8-12-26)20-13-17(21(22)27)7-9-23-20/h3-7,9,13,18,26H,2,8,10-12,14-15H2,1H3,(H2,22,27)/t18-/m1/s1. The summed E-state index contributed by atoms with van der Waals surface area (Å²) in [6.45, 7) is 5.97. The van der Waals surface area contributed by atoms with Gasteiger partial charge < -0.3 is 20.5 Å². The Hall–Kier alpha value is -2.64. The largest absolute Gasteiger partial charge is 0.494 e. The number of rotatable bonds is 8. The summed E-state index contributed by atoms with van der Waals surface area (Å²) in [5.41, 5.74) is 7.06. The predicted molar refractivity (Wildman–Crippen MR) is 108 cm³/mol. The minimum absolute atomic E-state index is 0.132. The first kappa shape index (κ1) is 20.1. The third kappa shape index (κ3) is 4.99. The summed E-state index contributed by atoms with van der Waals surface area (Å²) in [7, 11) is 0. The van der Waals surface area contributed by atoms with E-state index in [9.17, 15) is 9.90 Å². The fraction of sp³-hybridized carbons (Fsp3) is 0.429. The summed E-state index contributed by atoms with van der Waals surface area (Å²) in [4.78, 5) is 20.4. The highest BCUT2D eigenvalue weighted by Crippen LogP contribution is 2.22. The molecule has 1 atom stereocenters. The molecule has 7 heteroatoms. The first-order valence-electron chi connectivity index (χ1n) is 9.68. The van der Waals surface area contributed by atoms with Crippen LogP contribution in [0.4, 0.5) is 5.82 Å². The highest BCUT2D eigenvalue weighted by Gasteiger charge is 2.27. The minimum atomic E-state index is -0.454. The van der Waals surface area contributed by atoms with Crippen molar-refractivity contribution in [1.29, 1.82) is 0 Å². The number of aliphatic hydroxyl groups excluding tert-OH is 1. The molecule has 0 bridgehead atoms. The molecule has 0 radical (unpaired) electrons. The van der Waals surface area contributed by atoms with Gasteiger partial charge in [-0.25, -0.2) is 4.98 Å². The fourth-order valence-corrected chi connectivity index (χ4v) is 3.57. The van der Waals surface area contributed by atoms with Gasteiger partial charge in [0.05, 0.1) is 6.61 Å². The molecule has 1 amide bonds. The SMILES string of the molecule is CCOc1ccc(CN2CCN(c3cc(C(N)=O)ccn3)C[C@H]2CCO)cc1. The molecule has 0 unspecified atom stereocenters. The molecule has 0 spiro atoms. The van der Waals surface area contributed by atoms with E-state index in [1.165, 1.54) is 5.56 Å². The molecule has 0 aliphatic carbocycles. The molecule has 2 aromatic rings. The van der Waals surface area contributed by atoms with E-state index in [0.29, 0.717) is 18.6 Å². The zero-order valence-electron chi connectivity index (χ0n) is 16.3. The normalized spacial score (nSPS) is 17.5. The Bertz CT molecular complexity index is 781. The number of aromatic nitrogens is 1. The lowest BCUT2D eigenvalue weighted by Crippen LogP contribution is -2.53. The molecule has 1 aliphatic rings. The van der Waals surface area contributed by atoms with Crippen molar-refractivity contribution in [1.82, 2.24) is 9.88 Å². The van der Waals surface area contributed by atoms with Crippen LogP contribution in [0.5, 0.6) is 5.75 Å². The van der Waals surface area contributed by atoms with Crippen LogP contribution in [0.15, 0.2) is 42.6 Å². The van der Waals surface area contributed by atoms with Gasteiger partial charge in [0, 0.05) is 50.6 Å². The van der Waals surface area contributed by atoms with Gasteiger partial charge in [0.1, 0.15) is 11.6 Å². The Morgan fingerprint density at radius 1 is 1.29 bits per heavy atom. The van der Waals surface area contributed by atoms with Gasteiger partial charge in [0.2, 0.25) is 5.91 Å². The molecule has 1 aromatic heterocycles. The van der Waals surface area contributed by atoms with Crippen molar-refractivity contribution < 1.29 is 14.6 Å². The van der Waals surface area contributed by atoms with E-state index in [1.54, 1.807) is 18.3 Å². The third-order valence-corrected chi connectivity index (χ3v) is 5.04. The number of anilines is 1. The van der Waals surface area contributed by atoms with Crippen molar-refractivity contribution >= 4 is 11.7 Å². The Balaban J connectivity index is 1.68. The first-order valence-corrected chi connectivity index (χ1v) is 9.68. The van der Waals surface area contributed by atoms with Crippen LogP contribution in [-0.4, -0.2) is 59.8 Å². The average molecular weight is 384 g/mol. The summed E-state index contributed by atoms with van der Waals surface area (Å²) in [6.07, 6.45) is 2.30. The second-order valence-corrected chi connectivity index (χ2v) is 6.93. The number of nitrogens with two attached hydrogens (primary N) is 1. The number of piperazine rings is 1. The van der Waals surface area contributed by atoms with Gasteiger partial charge in [0.25, 0.3) is 0 Å². The Kier molecular flexibility index (Phi) is 6.84. The maximum absolute atomic E-state index is 11.4. The topological polar surface area (TPSA) is 91.9 Å². The van der Waals surface area contributed by atoms with Gasteiger partial charge in [-0.05, 0) is 43.2 Å². The summed E-state index contributed by atoms with van der Waals surface area (Å²) in [5, 5.41) is 9.53. The Labute approximate surface area is 165 Å². The van der Waals surface area contributed by atoms with E-state index in [-0.39, 0.29) is 12.6 Å². The van der Waals surface area contributed by atoms with E-state index >= 15 is 0 Å². The zero-order chi connectivity index (χ0) is 19.9. The van der Waals surface area contributed by atoms with Gasteiger partial charge >= 0.3 is 0 Å². The van der Waals surface area contributed by atoms with Crippen molar-refractivity contribution in [2.45, 2.75) is 25.9 Å². The van der Waals surface area contributed by atoms with Gasteiger partial charge in [-0.3, -0.25) is 9.69 Å². The molecule has 7 nitrogen and oxygen atoms in total. The lowest BCUT2D eigenvalue weighted by atomic mass is 10.1. The molecular formula is C21H28N4O3. The molecule has 1 aromatic carbocycles. The second kappa shape index (κ2) is 9.52. The average Bonchev–Trinajstić information content (AvgIpc) is 2.71. The van der Waals surface area contributed by atoms with Crippen LogP contribution in [0.2, 0.25) is 0 Å². The summed E-state index contributed by atoms with van der Waals surface area (Å²) in [5.74, 6) is 1.17. The van der Waals surface area contributed by atoms with E-state index < -0.39 is 5.91 Å². The van der Waals surface area contributed by atoms with Crippen molar-refractivity contribution in [2.75, 3.05) is 37.7 Å². The highest BCUT2D eigenvalue weighted by molar-refractivity contribution is 5.93. The molecular weight excluding hydrogens is 356 g/mol. The van der Waals surface area contributed by atoms with Crippen LogP contribution in [0.3, 0.4) is 0 Å². The van der Waals surface area contributed by atoms with E-state index in [1.807, 2.05) is 19.1 Å². The number of amides is 1. The number of carbonyl (C=O) groups is 1. The number of pyridine rings is 1. The van der Waals surface area contributed by atoms with Crippen molar-refractivity contribution in [3.8, 4) is 5.75 Å². The third-order valence-electron chi connectivity index (χ3n) is 5.04. The van der Waals surface area contributed by atoms with Crippen molar-refractivity contribution in [3.63, 3.8) is 0 Å². The molecule has 1 aliphatic heterocycles. The van der Waals surface area contributed by atoms with Gasteiger partial charge in [-0.15, -0.1) is 0 Å². The zero-order valence-corrected chi connectivity index (χ0v) is 16.3. The summed E-state index contributed by atoms with van der Waals surface area (Å²) < 4.78 is 5.51. The van der Waals surface area contributed by atoms with Crippen LogP contribution in [0.25, 0.3) is 0 Å². The second-order valence-electron chi connectivity index (χ2n) is 6.93. The Morgan fingerprint density at radius 2 is 2.07 bits per heavy atom. The first-order chi connectivity index (χ1) is 13.6. The Morgan fingerprint density at radius 3 is 2.75 bits per heavy atom. The lowest BCUT2D eigenvalue weighted by molar-refractivity contribution is 0.1000. The minimum Gasteiger partial charge on any atom is -0.494 e. The van der Waals surface area contributed by atoms with Gasteiger partial charge in [-0.2, -0.15) is 0 Å². The van der Waals surface area contributed by atoms with Crippen LogP contribution in [-0.2, 0) is 6.54 Å². The van der Waals surface area contributed by atoms with Crippen molar-refractivity contribution in [2.24, 2.45) is 5.73 Å². The molecule has 1 fully saturated rings. The van der Waals surface area contributed by atoms with Crippen LogP contribution < -0.4 is 15.4 Å². The monoisotopic (exact) mass is 384 g/mol. The molecule has 3 rings (SSSR count). The molecule has 150 valence electrons. The molecule has 1 saturated heterocycles. The number of benzene rings is 1. The van der Waals surface area contributed by atoms with Crippen LogP contribution in [0.1, 0.15) is 29.3 Å². The molecule has 3 N–H and O–H groups in total. The summed E-state index contributed by atoms with van der Waals surface area (Å²) >= 11 is 0. The number of carbonyl (C=O) groups excluding carboxylic acids is 1. The number of primary amides is 1. The van der Waals surface area contributed by atoms with Gasteiger partial charge in [-0.1, -0.05) is 12.1 Å². The lowest BCUT2D eigenvalue weighted by Gasteiger charge is -2.42. The summed E-state index contributed by atoms with van der Waals surface area (Å²) in [6, 6.07) is 11.7. The smallest absolute Gasteiger partial charge is 0.248 e. The van der Waals surface area contributed by atoms with Crippen molar-refractivity contribution in [3.05, 3.63) is 53.7 Å². The molecule has 2 heterocycles. The number of ether oxygens (including phenoxy) is 1. The number of hydrogen-bond donors (Lipinski definition) is 2. The highest BCUT2D eigenvalue weighted by atomic mass is 16.5. The fourth-order valence-electron chi connectivity index (χ4n) is 3.57. The number of aliphatic hydroxyl groups is 1.